The first-order valence-corrected chi connectivity index (χ1v) is 8.46. The molecule has 1 unspecified atom stereocenters. The van der Waals surface area contributed by atoms with Gasteiger partial charge < -0.3 is 29.2 Å². The fourth-order valence-corrected chi connectivity index (χ4v) is 3.40. The molecule has 28 heavy (non-hydrogen) atoms. The minimum Gasteiger partial charge on any atom is -0.493 e. The standard InChI is InChI=1S/C20H21N3O5/c1-10-8-14-16(20(24)23(10)2)15(12(9-21)19(22)28-14)11-6-7-13(25-3)18(27-5)17(11)26-4/h6-8,15H,22H2,1-5H3. The van der Waals surface area contributed by atoms with Crippen LogP contribution in [0.3, 0.4) is 0 Å². The summed E-state index contributed by atoms with van der Waals surface area (Å²) in [7, 11) is 6.14. The summed E-state index contributed by atoms with van der Waals surface area (Å²) in [6.07, 6.45) is 0. The Morgan fingerprint density at radius 3 is 2.43 bits per heavy atom. The number of allylic oxidation sites excluding steroid dienone is 1. The summed E-state index contributed by atoms with van der Waals surface area (Å²) < 4.78 is 23.5. The van der Waals surface area contributed by atoms with Gasteiger partial charge in [0.05, 0.1) is 32.8 Å². The van der Waals surface area contributed by atoms with E-state index in [-0.39, 0.29) is 17.0 Å². The van der Waals surface area contributed by atoms with Gasteiger partial charge in [-0.1, -0.05) is 6.07 Å². The summed E-state index contributed by atoms with van der Waals surface area (Å²) >= 11 is 0. The molecule has 2 heterocycles. The normalized spacial score (nSPS) is 15.4. The molecule has 0 bridgehead atoms. The van der Waals surface area contributed by atoms with Gasteiger partial charge in [0.25, 0.3) is 5.56 Å². The quantitative estimate of drug-likeness (QED) is 0.859. The molecule has 0 saturated heterocycles. The molecule has 8 nitrogen and oxygen atoms in total. The van der Waals surface area contributed by atoms with Gasteiger partial charge in [0.2, 0.25) is 11.6 Å². The highest BCUT2D eigenvalue weighted by molar-refractivity contribution is 5.64. The van der Waals surface area contributed by atoms with Crippen molar-refractivity contribution in [1.82, 2.24) is 4.57 Å². The second kappa shape index (κ2) is 7.19. The lowest BCUT2D eigenvalue weighted by Gasteiger charge is -2.28. The molecule has 146 valence electrons. The second-order valence-electron chi connectivity index (χ2n) is 6.28. The number of methoxy groups -OCH3 is 3. The molecular formula is C20H21N3O5. The molecule has 0 radical (unpaired) electrons. The Morgan fingerprint density at radius 2 is 1.86 bits per heavy atom. The third-order valence-electron chi connectivity index (χ3n) is 4.90. The van der Waals surface area contributed by atoms with Gasteiger partial charge in [-0.05, 0) is 13.0 Å². The number of nitrogens with zero attached hydrogens (tertiary/aromatic N) is 2. The Morgan fingerprint density at radius 1 is 1.18 bits per heavy atom. The maximum Gasteiger partial charge on any atom is 0.258 e. The number of pyridine rings is 1. The topological polar surface area (TPSA) is 109 Å². The van der Waals surface area contributed by atoms with Crippen LogP contribution in [-0.2, 0) is 7.05 Å². The number of nitriles is 1. The molecule has 2 N–H and O–H groups in total. The fourth-order valence-electron chi connectivity index (χ4n) is 3.40. The summed E-state index contributed by atoms with van der Waals surface area (Å²) in [6.45, 7) is 1.79. The van der Waals surface area contributed by atoms with E-state index in [4.69, 9.17) is 24.7 Å². The number of aryl methyl sites for hydroxylation is 1. The van der Waals surface area contributed by atoms with E-state index in [0.717, 1.165) is 0 Å². The zero-order valence-electron chi connectivity index (χ0n) is 16.3. The zero-order chi connectivity index (χ0) is 20.6. The first kappa shape index (κ1) is 19.2. The third kappa shape index (κ3) is 2.72. The van der Waals surface area contributed by atoms with Gasteiger partial charge in [-0.3, -0.25) is 4.79 Å². The van der Waals surface area contributed by atoms with Crippen molar-refractivity contribution in [2.75, 3.05) is 21.3 Å². The van der Waals surface area contributed by atoms with Crippen LogP contribution >= 0.6 is 0 Å². The number of hydrogen-bond acceptors (Lipinski definition) is 7. The van der Waals surface area contributed by atoms with Crippen molar-refractivity contribution in [3.63, 3.8) is 0 Å². The molecule has 1 aromatic heterocycles. The van der Waals surface area contributed by atoms with E-state index in [1.807, 2.05) is 0 Å². The van der Waals surface area contributed by atoms with Crippen molar-refractivity contribution in [2.45, 2.75) is 12.8 Å². The molecule has 0 fully saturated rings. The van der Waals surface area contributed by atoms with E-state index in [2.05, 4.69) is 6.07 Å². The van der Waals surface area contributed by atoms with Crippen LogP contribution in [0.4, 0.5) is 0 Å². The zero-order valence-corrected chi connectivity index (χ0v) is 16.3. The van der Waals surface area contributed by atoms with Gasteiger partial charge in [0, 0.05) is 24.4 Å². The van der Waals surface area contributed by atoms with E-state index >= 15 is 0 Å². The molecule has 3 rings (SSSR count). The number of benzene rings is 1. The van der Waals surface area contributed by atoms with Gasteiger partial charge >= 0.3 is 0 Å². The summed E-state index contributed by atoms with van der Waals surface area (Å²) in [5.41, 5.74) is 7.42. The summed E-state index contributed by atoms with van der Waals surface area (Å²) in [5.74, 6) is 0.659. The highest BCUT2D eigenvalue weighted by Gasteiger charge is 2.37. The molecular weight excluding hydrogens is 362 g/mol. The summed E-state index contributed by atoms with van der Waals surface area (Å²) in [4.78, 5) is 13.1. The lowest BCUT2D eigenvalue weighted by molar-refractivity contribution is 0.321. The number of aromatic nitrogens is 1. The second-order valence-corrected chi connectivity index (χ2v) is 6.28. The van der Waals surface area contributed by atoms with E-state index in [0.29, 0.717) is 39.8 Å². The Kier molecular flexibility index (Phi) is 4.92. The van der Waals surface area contributed by atoms with Gasteiger partial charge in [0.1, 0.15) is 17.4 Å². The van der Waals surface area contributed by atoms with Crippen LogP contribution in [0, 0.1) is 18.3 Å². The number of hydrogen-bond donors (Lipinski definition) is 1. The van der Waals surface area contributed by atoms with Crippen molar-refractivity contribution < 1.29 is 18.9 Å². The third-order valence-corrected chi connectivity index (χ3v) is 4.90. The number of fused-ring (bicyclic) bond motifs is 1. The number of ether oxygens (including phenoxy) is 4. The molecule has 1 aliphatic heterocycles. The predicted octanol–water partition coefficient (Wildman–Crippen LogP) is 1.94. The first-order chi connectivity index (χ1) is 13.4. The van der Waals surface area contributed by atoms with Crippen molar-refractivity contribution >= 4 is 0 Å². The highest BCUT2D eigenvalue weighted by atomic mass is 16.5. The molecule has 8 heteroatoms. The summed E-state index contributed by atoms with van der Waals surface area (Å²) in [6, 6.07) is 7.21. The smallest absolute Gasteiger partial charge is 0.258 e. The molecule has 0 amide bonds. The minimum absolute atomic E-state index is 0.0514. The van der Waals surface area contributed by atoms with Gasteiger partial charge in [-0.25, -0.2) is 0 Å². The van der Waals surface area contributed by atoms with Crippen LogP contribution in [0.1, 0.15) is 22.7 Å². The molecule has 0 aliphatic carbocycles. The average Bonchev–Trinajstić information content (AvgIpc) is 2.69. The average molecular weight is 383 g/mol. The minimum atomic E-state index is -0.775. The maximum absolute atomic E-state index is 13.1. The highest BCUT2D eigenvalue weighted by Crippen LogP contribution is 2.48. The first-order valence-electron chi connectivity index (χ1n) is 8.46. The van der Waals surface area contributed by atoms with Crippen LogP contribution in [0.25, 0.3) is 0 Å². The van der Waals surface area contributed by atoms with E-state index in [9.17, 15) is 10.1 Å². The number of nitrogens with two attached hydrogens (primary N) is 1. The predicted molar refractivity (Wildman–Crippen MR) is 102 cm³/mol. The van der Waals surface area contributed by atoms with Crippen LogP contribution in [0.2, 0.25) is 0 Å². The molecule has 1 aliphatic rings. The maximum atomic E-state index is 13.1. The Bertz CT molecular complexity index is 1080. The van der Waals surface area contributed by atoms with Gasteiger partial charge in [-0.2, -0.15) is 5.26 Å². The van der Waals surface area contributed by atoms with Crippen LogP contribution < -0.4 is 30.2 Å². The lowest BCUT2D eigenvalue weighted by atomic mass is 9.83. The Labute approximate surface area is 162 Å². The van der Waals surface area contributed by atoms with Crippen LogP contribution in [0.5, 0.6) is 23.0 Å². The van der Waals surface area contributed by atoms with Gasteiger partial charge in [-0.15, -0.1) is 0 Å². The number of rotatable bonds is 4. The Balaban J connectivity index is 2.41. The monoisotopic (exact) mass is 383 g/mol. The molecule has 0 spiro atoms. The van der Waals surface area contributed by atoms with Crippen molar-refractivity contribution in [2.24, 2.45) is 12.8 Å². The largest absolute Gasteiger partial charge is 0.493 e. The molecule has 1 aromatic carbocycles. The Hall–Kier alpha value is -3.60. The van der Waals surface area contributed by atoms with Crippen molar-refractivity contribution in [3.05, 3.63) is 56.8 Å². The van der Waals surface area contributed by atoms with Crippen molar-refractivity contribution in [1.29, 1.82) is 5.26 Å². The molecule has 1 atom stereocenters. The van der Waals surface area contributed by atoms with Crippen LogP contribution in [0.15, 0.2) is 34.4 Å². The molecule has 0 saturated carbocycles. The van der Waals surface area contributed by atoms with E-state index in [1.54, 1.807) is 32.2 Å². The van der Waals surface area contributed by atoms with Crippen LogP contribution in [-0.4, -0.2) is 25.9 Å². The lowest BCUT2D eigenvalue weighted by Crippen LogP contribution is -2.31. The van der Waals surface area contributed by atoms with E-state index < -0.39 is 5.92 Å². The fraction of sp³-hybridized carbons (Fsp3) is 0.300. The van der Waals surface area contributed by atoms with E-state index in [1.165, 1.54) is 25.9 Å². The SMILES string of the molecule is COc1ccc(C2C(C#N)=C(N)Oc3cc(C)n(C)c(=O)c32)c(OC)c1OC. The van der Waals surface area contributed by atoms with Crippen molar-refractivity contribution in [3.8, 4) is 29.1 Å². The summed E-state index contributed by atoms with van der Waals surface area (Å²) in [5, 5.41) is 9.75. The van der Waals surface area contributed by atoms with Gasteiger partial charge in [0.15, 0.2) is 11.5 Å². The molecule has 2 aromatic rings.